The van der Waals surface area contributed by atoms with Crippen LogP contribution in [0.1, 0.15) is 22.5 Å². The van der Waals surface area contributed by atoms with E-state index in [1.165, 1.54) is 47.3 Å². The topological polar surface area (TPSA) is 123 Å². The van der Waals surface area contributed by atoms with Crippen LogP contribution >= 0.6 is 11.8 Å². The highest BCUT2D eigenvalue weighted by atomic mass is 32.2. The second kappa shape index (κ2) is 10.2. The number of alkyl halides is 1. The van der Waals surface area contributed by atoms with Crippen molar-refractivity contribution in [1.29, 1.82) is 0 Å². The molecule has 1 saturated carbocycles. The lowest BCUT2D eigenvalue weighted by molar-refractivity contribution is -0.123. The molecule has 0 unspecified atom stereocenters. The van der Waals surface area contributed by atoms with E-state index in [0.717, 1.165) is 6.07 Å². The molecular weight excluding hydrogens is 502 g/mol. The fourth-order valence-corrected chi connectivity index (χ4v) is 5.54. The minimum Gasteiger partial charge on any atom is -0.463 e. The number of hydrogen-bond acceptors (Lipinski definition) is 8. The molecule has 1 aromatic carbocycles. The molecule has 2 heterocycles. The Morgan fingerprint density at radius 2 is 2.16 bits per heavy atom. The fourth-order valence-electron chi connectivity index (χ4n) is 4.21. The summed E-state index contributed by atoms with van der Waals surface area (Å²) in [4.78, 5) is 38.5. The molecule has 0 radical (unpaired) electrons. The second-order valence-corrected chi connectivity index (χ2v) is 10.2. The smallest absolute Gasteiger partial charge is 0.275 e. The van der Waals surface area contributed by atoms with Gasteiger partial charge in [-0.15, -0.1) is 6.42 Å². The fraction of sp³-hybridized carbons (Fsp3) is 0.320. The Morgan fingerprint density at radius 3 is 2.81 bits per heavy atom. The zero-order valence-electron chi connectivity index (χ0n) is 20.1. The first-order chi connectivity index (χ1) is 17.6. The summed E-state index contributed by atoms with van der Waals surface area (Å²) in [6, 6.07) is 3.82. The number of aliphatic imine (C=N–C) groups is 1. The van der Waals surface area contributed by atoms with Crippen LogP contribution in [-0.2, 0) is 10.3 Å². The van der Waals surface area contributed by atoms with Crippen LogP contribution in [0.4, 0.5) is 14.5 Å². The summed E-state index contributed by atoms with van der Waals surface area (Å²) in [7, 11) is 3.24. The number of amides is 2. The molecule has 0 saturated heterocycles. The summed E-state index contributed by atoms with van der Waals surface area (Å²) in [6.07, 6.45) is 11.1. The number of hydrogen-bond donors (Lipinski definition) is 2. The van der Waals surface area contributed by atoms with Crippen molar-refractivity contribution in [3.8, 4) is 18.2 Å². The van der Waals surface area contributed by atoms with Crippen LogP contribution in [0.3, 0.4) is 0 Å². The van der Waals surface area contributed by atoms with Gasteiger partial charge in [0, 0.05) is 42.1 Å². The lowest BCUT2D eigenvalue weighted by Crippen LogP contribution is -2.39. The third-order valence-electron chi connectivity index (χ3n) is 6.14. The van der Waals surface area contributed by atoms with E-state index in [1.54, 1.807) is 20.2 Å². The number of likely N-dealkylation sites (N-methyl/N-ethyl adjacent to an activating group) is 1. The van der Waals surface area contributed by atoms with Crippen molar-refractivity contribution < 1.29 is 23.1 Å². The maximum atomic E-state index is 15.1. The molecule has 1 aliphatic heterocycles. The van der Waals surface area contributed by atoms with Crippen molar-refractivity contribution in [1.82, 2.24) is 14.9 Å². The van der Waals surface area contributed by atoms with Crippen molar-refractivity contribution in [2.75, 3.05) is 32.7 Å². The summed E-state index contributed by atoms with van der Waals surface area (Å²) >= 11 is 1.23. The van der Waals surface area contributed by atoms with Crippen LogP contribution in [0.2, 0.25) is 0 Å². The van der Waals surface area contributed by atoms with E-state index in [1.807, 2.05) is 0 Å². The van der Waals surface area contributed by atoms with Gasteiger partial charge in [0.1, 0.15) is 23.7 Å². The van der Waals surface area contributed by atoms with Gasteiger partial charge < -0.3 is 20.7 Å². The molecule has 0 spiro atoms. The van der Waals surface area contributed by atoms with Crippen LogP contribution in [0, 0.1) is 24.1 Å². The summed E-state index contributed by atoms with van der Waals surface area (Å²) in [5, 5.41) is 2.71. The molecule has 3 atom stereocenters. The summed E-state index contributed by atoms with van der Waals surface area (Å²) in [5.74, 6) is 0.459. The number of ether oxygens (including phenoxy) is 1. The molecular formula is C25H24F2N6O3S. The Labute approximate surface area is 216 Å². The molecule has 3 N–H and O–H groups in total. The normalized spacial score (nSPS) is 24.0. The van der Waals surface area contributed by atoms with E-state index in [2.05, 4.69) is 26.2 Å². The number of amidine groups is 1. The highest BCUT2D eigenvalue weighted by Gasteiger charge is 2.67. The largest absolute Gasteiger partial charge is 0.463 e. The van der Waals surface area contributed by atoms with E-state index in [4.69, 9.17) is 16.9 Å². The molecule has 192 valence electrons. The molecule has 37 heavy (non-hydrogen) atoms. The highest BCUT2D eigenvalue weighted by Crippen LogP contribution is 2.67. The lowest BCUT2D eigenvalue weighted by atomic mass is 9.84. The first kappa shape index (κ1) is 26.1. The number of carbonyl (C=O) groups excluding carboxylic acids is 2. The van der Waals surface area contributed by atoms with Crippen LogP contribution in [0.15, 0.2) is 47.7 Å². The molecule has 9 nitrogen and oxygen atoms in total. The maximum absolute atomic E-state index is 15.1. The lowest BCUT2D eigenvalue weighted by Gasteiger charge is -2.34. The van der Waals surface area contributed by atoms with Crippen LogP contribution < -0.4 is 15.8 Å². The number of rotatable bonds is 8. The van der Waals surface area contributed by atoms with E-state index in [0.29, 0.717) is 6.42 Å². The number of aromatic nitrogens is 2. The predicted molar refractivity (Wildman–Crippen MR) is 136 cm³/mol. The van der Waals surface area contributed by atoms with Gasteiger partial charge in [0.05, 0.1) is 12.4 Å². The van der Waals surface area contributed by atoms with Gasteiger partial charge in [0.25, 0.3) is 5.91 Å². The molecule has 1 aliphatic carbocycles. The molecule has 4 rings (SSSR count). The van der Waals surface area contributed by atoms with Gasteiger partial charge in [0.2, 0.25) is 11.8 Å². The van der Waals surface area contributed by atoms with Crippen molar-refractivity contribution in [2.45, 2.75) is 16.7 Å². The van der Waals surface area contributed by atoms with Gasteiger partial charge in [-0.3, -0.25) is 9.59 Å². The minimum absolute atomic E-state index is 0.00440. The van der Waals surface area contributed by atoms with E-state index >= 15 is 4.39 Å². The third-order valence-corrected chi connectivity index (χ3v) is 7.41. The van der Waals surface area contributed by atoms with Gasteiger partial charge in [-0.25, -0.2) is 23.7 Å². The van der Waals surface area contributed by atoms with E-state index < -0.39 is 34.6 Å². The number of fused-ring (bicyclic) bond motifs is 1. The Kier molecular flexibility index (Phi) is 7.18. The molecule has 0 bridgehead atoms. The highest BCUT2D eigenvalue weighted by molar-refractivity contribution is 8.15. The van der Waals surface area contributed by atoms with E-state index in [9.17, 15) is 14.0 Å². The number of nitrogens with one attached hydrogen (secondary N) is 1. The Morgan fingerprint density at radius 1 is 1.38 bits per heavy atom. The predicted octanol–water partition coefficient (Wildman–Crippen LogP) is 2.51. The summed E-state index contributed by atoms with van der Waals surface area (Å²) < 4.78 is 34.3. The number of benzene rings is 1. The number of carbonyl (C=O) groups is 2. The third kappa shape index (κ3) is 5.13. The van der Waals surface area contributed by atoms with Crippen molar-refractivity contribution in [3.05, 3.63) is 59.8 Å². The van der Waals surface area contributed by atoms with Gasteiger partial charge in [0.15, 0.2) is 11.8 Å². The van der Waals surface area contributed by atoms with Gasteiger partial charge in [-0.1, -0.05) is 23.8 Å². The average Bonchev–Trinajstić information content (AvgIpc) is 3.61. The number of thioether (sulfide) groups is 1. The molecule has 12 heteroatoms. The van der Waals surface area contributed by atoms with Gasteiger partial charge >= 0.3 is 0 Å². The SMILES string of the molecule is C#CCOc1cnc(C(=O)Nc2ccc(F)c([C@@]3(CF)N=C(N)S[C@@]4(/C=C/C(=O)N(C)C)C[C@H]43)c2)cn1. The van der Waals surface area contributed by atoms with Crippen LogP contribution in [-0.4, -0.2) is 64.0 Å². The Bertz CT molecular complexity index is 1330. The van der Waals surface area contributed by atoms with E-state index in [-0.39, 0.29) is 40.5 Å². The zero-order valence-corrected chi connectivity index (χ0v) is 20.9. The quantitative estimate of drug-likeness (QED) is 0.400. The Hall–Kier alpha value is -3.98. The summed E-state index contributed by atoms with van der Waals surface area (Å²) in [5.41, 5.74) is 4.60. The molecule has 2 aliphatic rings. The number of nitrogens with two attached hydrogens (primary N) is 1. The monoisotopic (exact) mass is 526 g/mol. The minimum atomic E-state index is -1.61. The number of terminal acetylenes is 1. The molecule has 1 aromatic heterocycles. The molecule has 1 fully saturated rings. The standard InChI is InChI=1S/C25H24F2N6O3S/c1-4-9-36-20-13-29-18(12-30-20)22(35)31-15-5-6-17(27)16(10-15)25(14-26)19-11-24(19,37-23(28)32-25)8-7-21(34)33(2)3/h1,5-8,10,12-13,19H,9,11,14H2,2-3H3,(H2,28,32)(H,31,35)/b8-7+/t19-,24+,25-/m1/s1. The average molecular weight is 527 g/mol. The van der Waals surface area contributed by atoms with Crippen molar-refractivity contribution in [3.63, 3.8) is 0 Å². The van der Waals surface area contributed by atoms with Crippen LogP contribution in [0.25, 0.3) is 0 Å². The van der Waals surface area contributed by atoms with Crippen molar-refractivity contribution >= 4 is 34.4 Å². The first-order valence-corrected chi connectivity index (χ1v) is 12.0. The Balaban J connectivity index is 1.60. The molecule has 2 amide bonds. The van der Waals surface area contributed by atoms with Gasteiger partial charge in [-0.2, -0.15) is 0 Å². The first-order valence-electron chi connectivity index (χ1n) is 11.1. The molecule has 2 aromatic rings. The number of anilines is 1. The number of nitrogens with zero attached hydrogens (tertiary/aromatic N) is 4. The van der Waals surface area contributed by atoms with Crippen molar-refractivity contribution in [2.24, 2.45) is 16.6 Å². The van der Waals surface area contributed by atoms with Gasteiger partial charge in [-0.05, 0) is 24.6 Å². The zero-order chi connectivity index (χ0) is 26.8. The van der Waals surface area contributed by atoms with Crippen LogP contribution in [0.5, 0.6) is 5.88 Å². The summed E-state index contributed by atoms with van der Waals surface area (Å²) in [6.45, 7) is -1.01. The second-order valence-electron chi connectivity index (χ2n) is 8.77. The number of halogens is 2. The maximum Gasteiger partial charge on any atom is 0.275 e.